The van der Waals surface area contributed by atoms with Crippen LogP contribution in [0.2, 0.25) is 0 Å². The summed E-state index contributed by atoms with van der Waals surface area (Å²) < 4.78 is 5.80. The van der Waals surface area contributed by atoms with Crippen molar-refractivity contribution in [1.29, 1.82) is 0 Å². The molecule has 0 bridgehead atoms. The first kappa shape index (κ1) is 28.7. The Balaban J connectivity index is 1.27. The summed E-state index contributed by atoms with van der Waals surface area (Å²) in [5, 5.41) is 6.06. The summed E-state index contributed by atoms with van der Waals surface area (Å²) in [5.41, 5.74) is 2.33. The summed E-state index contributed by atoms with van der Waals surface area (Å²) in [4.78, 5) is 50.9. The number of hydrogen-bond acceptors (Lipinski definition) is 8. The van der Waals surface area contributed by atoms with Gasteiger partial charge in [0, 0.05) is 55.1 Å². The molecule has 2 amide bonds. The quantitative estimate of drug-likeness (QED) is 0.524. The van der Waals surface area contributed by atoms with Gasteiger partial charge in [-0.2, -0.15) is 0 Å². The Morgan fingerprint density at radius 2 is 1.80 bits per heavy atom. The van der Waals surface area contributed by atoms with Crippen LogP contribution in [0.1, 0.15) is 44.5 Å². The van der Waals surface area contributed by atoms with E-state index in [0.29, 0.717) is 18.5 Å². The molecule has 0 spiro atoms. The largest absolute Gasteiger partial charge is 0.367 e. The molecule has 2 aromatic rings. The monoisotopic (exact) mass is 567 g/mol. The van der Waals surface area contributed by atoms with Crippen LogP contribution in [0.3, 0.4) is 0 Å². The van der Waals surface area contributed by atoms with E-state index in [1.165, 1.54) is 0 Å². The Morgan fingerprint density at radius 3 is 2.45 bits per heavy atom. The van der Waals surface area contributed by atoms with Gasteiger partial charge in [-0.25, -0.2) is 4.98 Å². The highest BCUT2D eigenvalue weighted by molar-refractivity contribution is 7.14. The highest BCUT2D eigenvalue weighted by Gasteiger charge is 2.53. The molecule has 1 aromatic carbocycles. The van der Waals surface area contributed by atoms with Crippen molar-refractivity contribution in [2.45, 2.75) is 52.3 Å². The van der Waals surface area contributed by atoms with Gasteiger partial charge in [-0.05, 0) is 37.4 Å². The lowest BCUT2D eigenvalue weighted by Gasteiger charge is -2.32. The summed E-state index contributed by atoms with van der Waals surface area (Å²) >= 11 is 1.64. The molecule has 4 atom stereocenters. The summed E-state index contributed by atoms with van der Waals surface area (Å²) in [6.45, 7) is 12.8. The lowest BCUT2D eigenvalue weighted by atomic mass is 9.91. The maximum atomic E-state index is 13.8. The zero-order chi connectivity index (χ0) is 28.6. The van der Waals surface area contributed by atoms with Crippen molar-refractivity contribution in [3.8, 4) is 11.3 Å². The normalized spacial score (nSPS) is 24.2. The third-order valence-corrected chi connectivity index (χ3v) is 9.28. The number of rotatable bonds is 8. The van der Waals surface area contributed by atoms with Crippen molar-refractivity contribution >= 4 is 34.1 Å². The average Bonchev–Trinajstić information content (AvgIpc) is 3.65. The van der Waals surface area contributed by atoms with Crippen LogP contribution in [-0.4, -0.2) is 96.9 Å². The topological polar surface area (TPSA) is 95.1 Å². The maximum absolute atomic E-state index is 13.8. The predicted octanol–water partition coefficient (Wildman–Crippen LogP) is 3.16. The van der Waals surface area contributed by atoms with E-state index in [1.54, 1.807) is 28.4 Å². The Morgan fingerprint density at radius 1 is 1.10 bits per heavy atom. The van der Waals surface area contributed by atoms with Gasteiger partial charge in [0.05, 0.1) is 11.8 Å². The standard InChI is InChI=1S/C30H41N5O4S/c1-18(2)14-23(29(38)35-15-22(19(3)4)27-26(35)25(36)16-39-27)31-28(37)21-8-6-20(7-9-21)24-17-40-30(32-24)34-12-10-33(5)11-13-34/h6-9,17-19,22-23,26-27H,10-16H2,1-5H3,(H,31,37)/t22-,23-,26+,27+/m0/s1. The van der Waals surface area contributed by atoms with Gasteiger partial charge in [0.15, 0.2) is 10.9 Å². The summed E-state index contributed by atoms with van der Waals surface area (Å²) in [5.74, 6) is 0.0193. The number of ether oxygens (including phenoxy) is 1. The van der Waals surface area contributed by atoms with Gasteiger partial charge in [0.1, 0.15) is 18.7 Å². The van der Waals surface area contributed by atoms with E-state index in [0.717, 1.165) is 42.6 Å². The Hall–Kier alpha value is -2.82. The van der Waals surface area contributed by atoms with Gasteiger partial charge in [-0.1, -0.05) is 39.8 Å². The molecule has 3 aliphatic heterocycles. The number of nitrogens with zero attached hydrogens (tertiary/aromatic N) is 4. The molecule has 4 heterocycles. The van der Waals surface area contributed by atoms with Gasteiger partial charge >= 0.3 is 0 Å². The highest BCUT2D eigenvalue weighted by Crippen LogP contribution is 2.36. The van der Waals surface area contributed by atoms with Crippen LogP contribution in [0.15, 0.2) is 29.6 Å². The van der Waals surface area contributed by atoms with Crippen LogP contribution in [0.25, 0.3) is 11.3 Å². The van der Waals surface area contributed by atoms with Crippen LogP contribution in [0.5, 0.6) is 0 Å². The highest BCUT2D eigenvalue weighted by atomic mass is 32.1. The third-order valence-electron chi connectivity index (χ3n) is 8.38. The molecule has 5 rings (SSSR count). The third kappa shape index (κ3) is 5.94. The fourth-order valence-electron chi connectivity index (χ4n) is 5.98. The number of carbonyl (C=O) groups is 3. The first-order valence-corrected chi connectivity index (χ1v) is 15.3. The number of thiazole rings is 1. The SMILES string of the molecule is CC(C)C[C@H](NC(=O)c1ccc(-c2csc(N3CCN(C)CC3)n2)cc1)C(=O)N1C[C@@H](C(C)C)[C@H]2OCC(=O)[C@H]21. The van der Waals surface area contributed by atoms with E-state index in [4.69, 9.17) is 9.72 Å². The second-order valence-corrected chi connectivity index (χ2v) is 13.0. The number of nitrogens with one attached hydrogen (secondary N) is 1. The maximum Gasteiger partial charge on any atom is 0.251 e. The zero-order valence-electron chi connectivity index (χ0n) is 24.1. The van der Waals surface area contributed by atoms with E-state index in [1.807, 2.05) is 26.0 Å². The van der Waals surface area contributed by atoms with E-state index < -0.39 is 12.1 Å². The summed E-state index contributed by atoms with van der Waals surface area (Å²) in [7, 11) is 2.14. The second-order valence-electron chi connectivity index (χ2n) is 12.1. The molecular formula is C30H41N5O4S. The molecule has 3 fully saturated rings. The first-order chi connectivity index (χ1) is 19.1. The van der Waals surface area contributed by atoms with Crippen molar-refractivity contribution < 1.29 is 19.1 Å². The molecule has 1 aromatic heterocycles. The van der Waals surface area contributed by atoms with E-state index >= 15 is 0 Å². The second kappa shape index (κ2) is 12.0. The van der Waals surface area contributed by atoms with Gasteiger partial charge < -0.3 is 24.8 Å². The number of Topliss-reactive ketones (excluding diaryl/α,β-unsaturated/α-hetero) is 1. The first-order valence-electron chi connectivity index (χ1n) is 14.4. The smallest absolute Gasteiger partial charge is 0.251 e. The van der Waals surface area contributed by atoms with Gasteiger partial charge in [0.25, 0.3) is 5.91 Å². The fraction of sp³-hybridized carbons (Fsp3) is 0.600. The van der Waals surface area contributed by atoms with Crippen molar-refractivity contribution in [2.75, 3.05) is 51.3 Å². The molecule has 3 saturated heterocycles. The molecular weight excluding hydrogens is 526 g/mol. The Bertz CT molecular complexity index is 1220. The van der Waals surface area contributed by atoms with Crippen LogP contribution in [-0.2, 0) is 14.3 Å². The van der Waals surface area contributed by atoms with E-state index in [9.17, 15) is 14.4 Å². The molecule has 0 radical (unpaired) electrons. The number of benzene rings is 1. The number of carbonyl (C=O) groups excluding carboxylic acids is 3. The van der Waals surface area contributed by atoms with Gasteiger partial charge in [-0.15, -0.1) is 11.3 Å². The minimum atomic E-state index is -0.711. The van der Waals surface area contributed by atoms with Crippen LogP contribution >= 0.6 is 11.3 Å². The van der Waals surface area contributed by atoms with Gasteiger partial charge in [-0.3, -0.25) is 14.4 Å². The molecule has 1 N–H and O–H groups in total. The zero-order valence-corrected chi connectivity index (χ0v) is 24.9. The number of likely N-dealkylation sites (N-methyl/N-ethyl adjacent to an activating group) is 1. The number of amides is 2. The molecule has 216 valence electrons. The minimum absolute atomic E-state index is 0.0474. The number of likely N-dealkylation sites (tertiary alicyclic amines) is 1. The van der Waals surface area contributed by atoms with Crippen LogP contribution in [0, 0.1) is 17.8 Å². The molecule has 9 nitrogen and oxygen atoms in total. The average molecular weight is 568 g/mol. The molecule has 0 saturated carbocycles. The van der Waals surface area contributed by atoms with E-state index in [-0.39, 0.29) is 48.1 Å². The number of ketones is 1. The Kier molecular flexibility index (Phi) is 8.58. The molecule has 0 aliphatic carbocycles. The molecule has 40 heavy (non-hydrogen) atoms. The number of piperazine rings is 1. The molecule has 3 aliphatic rings. The fourth-order valence-corrected chi connectivity index (χ4v) is 6.86. The number of anilines is 1. The van der Waals surface area contributed by atoms with Crippen molar-refractivity contribution in [1.82, 2.24) is 20.1 Å². The Labute approximate surface area is 240 Å². The van der Waals surface area contributed by atoms with Crippen molar-refractivity contribution in [3.63, 3.8) is 0 Å². The van der Waals surface area contributed by atoms with Crippen LogP contribution < -0.4 is 10.2 Å². The van der Waals surface area contributed by atoms with Crippen LogP contribution in [0.4, 0.5) is 5.13 Å². The van der Waals surface area contributed by atoms with Gasteiger partial charge in [0.2, 0.25) is 5.91 Å². The van der Waals surface area contributed by atoms with Crippen molar-refractivity contribution in [3.05, 3.63) is 35.2 Å². The lowest BCUT2D eigenvalue weighted by Crippen LogP contribution is -2.52. The minimum Gasteiger partial charge on any atom is -0.367 e. The number of fused-ring (bicyclic) bond motifs is 1. The lowest BCUT2D eigenvalue weighted by molar-refractivity contribution is -0.138. The molecule has 10 heteroatoms. The summed E-state index contributed by atoms with van der Waals surface area (Å²) in [6.07, 6.45) is 0.230. The molecule has 0 unspecified atom stereocenters. The van der Waals surface area contributed by atoms with E-state index in [2.05, 4.69) is 41.4 Å². The van der Waals surface area contributed by atoms with Crippen molar-refractivity contribution in [2.24, 2.45) is 17.8 Å². The number of aromatic nitrogens is 1. The predicted molar refractivity (Wildman–Crippen MR) is 157 cm³/mol. The summed E-state index contributed by atoms with van der Waals surface area (Å²) in [6, 6.07) is 6.11. The number of hydrogen-bond donors (Lipinski definition) is 1.